The molecule has 10 heteroatoms. The van der Waals surface area contributed by atoms with Crippen molar-refractivity contribution in [2.75, 3.05) is 0 Å². The van der Waals surface area contributed by atoms with Gasteiger partial charge in [-0.25, -0.2) is 28.0 Å². The van der Waals surface area contributed by atoms with Gasteiger partial charge in [-0.15, -0.1) is 0 Å². The molecule has 36 heavy (non-hydrogen) atoms. The zero-order valence-electron chi connectivity index (χ0n) is 20.4. The molecule has 0 aliphatic heterocycles. The van der Waals surface area contributed by atoms with E-state index < -0.39 is 12.5 Å². The van der Waals surface area contributed by atoms with Crippen LogP contribution in [0.1, 0.15) is 50.3 Å². The fraction of sp³-hybridized carbons (Fsp3) is 0.231. The first-order valence-electron chi connectivity index (χ1n) is 11.2. The molecule has 1 atom stereocenters. The van der Waals surface area contributed by atoms with Crippen LogP contribution in [-0.4, -0.2) is 36.2 Å². The van der Waals surface area contributed by atoms with E-state index in [0.29, 0.717) is 34.1 Å². The number of hydrogen-bond donors (Lipinski definition) is 1. The molecule has 0 bridgehead atoms. The molecule has 0 aromatic carbocycles. The Labute approximate surface area is 206 Å². The second-order valence-electron chi connectivity index (χ2n) is 8.47. The largest absolute Gasteiger partial charge is 0.437 e. The quantitative estimate of drug-likeness (QED) is 0.192. The summed E-state index contributed by atoms with van der Waals surface area (Å²) in [6.07, 6.45) is 3.37. The van der Waals surface area contributed by atoms with Gasteiger partial charge < -0.3 is 9.84 Å². The maximum Gasteiger partial charge on any atom is 0.282 e. The molecule has 0 aliphatic rings. The summed E-state index contributed by atoms with van der Waals surface area (Å²) in [7, 11) is 0. The monoisotopic (exact) mass is 492 g/mol. The Bertz CT molecular complexity index is 1480. The minimum Gasteiger partial charge on any atom is -0.437 e. The van der Waals surface area contributed by atoms with E-state index in [1.165, 1.54) is 10.7 Å². The number of hydrogen-bond acceptors (Lipinski definition) is 6. The van der Waals surface area contributed by atoms with Crippen LogP contribution in [0.25, 0.3) is 22.6 Å². The second kappa shape index (κ2) is 10.2. The van der Waals surface area contributed by atoms with Crippen LogP contribution in [0.5, 0.6) is 5.75 Å². The van der Waals surface area contributed by atoms with Gasteiger partial charge in [0.1, 0.15) is 11.4 Å². The molecule has 186 valence electrons. The molecule has 0 aliphatic carbocycles. The van der Waals surface area contributed by atoms with E-state index in [9.17, 15) is 13.9 Å². The zero-order chi connectivity index (χ0) is 26.0. The SMILES string of the molecule is C=N/C(=C\C=C(C)C)Oc1ccc2c(-c3ccc(C(C)O)c(-n4nc(C(F)F)cc4C)n3)cnn2c1. The predicted molar refractivity (Wildman–Crippen MR) is 134 cm³/mol. The molecule has 0 amide bonds. The summed E-state index contributed by atoms with van der Waals surface area (Å²) in [6.45, 7) is 10.7. The van der Waals surface area contributed by atoms with Gasteiger partial charge >= 0.3 is 0 Å². The van der Waals surface area contributed by atoms with Gasteiger partial charge in [0.2, 0.25) is 5.88 Å². The molecule has 4 aromatic heterocycles. The van der Waals surface area contributed by atoms with Crippen molar-refractivity contribution in [3.8, 4) is 22.8 Å². The lowest BCUT2D eigenvalue weighted by atomic mass is 10.1. The highest BCUT2D eigenvalue weighted by atomic mass is 19.3. The van der Waals surface area contributed by atoms with Gasteiger partial charge in [-0.05, 0) is 58.7 Å². The molecule has 0 saturated heterocycles. The number of pyridine rings is 2. The maximum atomic E-state index is 13.2. The normalized spacial score (nSPS) is 12.7. The summed E-state index contributed by atoms with van der Waals surface area (Å²) in [5.74, 6) is 1.14. The molecule has 0 radical (unpaired) electrons. The number of fused-ring (bicyclic) bond motifs is 1. The van der Waals surface area contributed by atoms with Crippen LogP contribution in [0.2, 0.25) is 0 Å². The summed E-state index contributed by atoms with van der Waals surface area (Å²) in [5.41, 5.74) is 3.68. The van der Waals surface area contributed by atoms with E-state index in [1.807, 2.05) is 26.0 Å². The molecule has 4 aromatic rings. The lowest BCUT2D eigenvalue weighted by Gasteiger charge is -2.14. The second-order valence-corrected chi connectivity index (χ2v) is 8.47. The van der Waals surface area contributed by atoms with Gasteiger partial charge in [-0.1, -0.05) is 17.7 Å². The molecule has 8 nitrogen and oxygen atoms in total. The summed E-state index contributed by atoms with van der Waals surface area (Å²) in [6, 6.07) is 8.38. The van der Waals surface area contributed by atoms with Crippen LogP contribution in [-0.2, 0) is 0 Å². The van der Waals surface area contributed by atoms with E-state index in [1.54, 1.807) is 55.0 Å². The van der Waals surface area contributed by atoms with Crippen LogP contribution in [0.4, 0.5) is 8.78 Å². The van der Waals surface area contributed by atoms with Crippen LogP contribution >= 0.6 is 0 Å². The molecule has 0 spiro atoms. The van der Waals surface area contributed by atoms with Gasteiger partial charge in [-0.3, -0.25) is 0 Å². The number of halogens is 2. The smallest absolute Gasteiger partial charge is 0.282 e. The Balaban J connectivity index is 1.75. The fourth-order valence-electron chi connectivity index (χ4n) is 3.63. The van der Waals surface area contributed by atoms with Crippen LogP contribution in [0.15, 0.2) is 71.3 Å². The average molecular weight is 493 g/mol. The maximum absolute atomic E-state index is 13.2. The topological polar surface area (TPSA) is 89.8 Å². The minimum atomic E-state index is -2.71. The van der Waals surface area contributed by atoms with Crippen molar-refractivity contribution in [1.82, 2.24) is 24.4 Å². The third-order valence-corrected chi connectivity index (χ3v) is 5.39. The van der Waals surface area contributed by atoms with E-state index in [-0.39, 0.29) is 11.5 Å². The number of aliphatic imine (C=N–C) groups is 1. The number of aryl methyl sites for hydroxylation is 1. The summed E-state index contributed by atoms with van der Waals surface area (Å²) in [4.78, 5) is 8.59. The Hall–Kier alpha value is -4.18. The molecule has 4 heterocycles. The molecule has 0 fully saturated rings. The van der Waals surface area contributed by atoms with Gasteiger partial charge in [0.15, 0.2) is 5.82 Å². The Kier molecular flexibility index (Phi) is 7.07. The predicted octanol–water partition coefficient (Wildman–Crippen LogP) is 5.77. The zero-order valence-corrected chi connectivity index (χ0v) is 20.4. The van der Waals surface area contributed by atoms with E-state index in [4.69, 9.17) is 4.74 Å². The van der Waals surface area contributed by atoms with E-state index >= 15 is 0 Å². The number of ether oxygens (including phenoxy) is 1. The van der Waals surface area contributed by atoms with Crippen LogP contribution < -0.4 is 4.74 Å². The third kappa shape index (κ3) is 5.08. The number of rotatable bonds is 8. The van der Waals surface area contributed by atoms with Crippen molar-refractivity contribution < 1.29 is 18.6 Å². The number of alkyl halides is 2. The Morgan fingerprint density at radius 2 is 1.97 bits per heavy atom. The lowest BCUT2D eigenvalue weighted by Crippen LogP contribution is -2.09. The number of aromatic nitrogens is 5. The van der Waals surface area contributed by atoms with Gasteiger partial charge in [-0.2, -0.15) is 10.2 Å². The molecule has 1 unspecified atom stereocenters. The van der Waals surface area contributed by atoms with Crippen molar-refractivity contribution in [3.05, 3.63) is 83.3 Å². The van der Waals surface area contributed by atoms with Gasteiger partial charge in [0.05, 0.1) is 29.7 Å². The summed E-state index contributed by atoms with van der Waals surface area (Å²) >= 11 is 0. The fourth-order valence-corrected chi connectivity index (χ4v) is 3.63. The highest BCUT2D eigenvalue weighted by molar-refractivity contribution is 5.78. The van der Waals surface area contributed by atoms with Crippen molar-refractivity contribution in [1.29, 1.82) is 0 Å². The molecule has 0 saturated carbocycles. The first kappa shape index (κ1) is 24.9. The number of allylic oxidation sites excluding steroid dienone is 3. The van der Waals surface area contributed by atoms with Crippen molar-refractivity contribution in [2.24, 2.45) is 4.99 Å². The number of aliphatic hydroxyl groups excluding tert-OH is 1. The van der Waals surface area contributed by atoms with Crippen LogP contribution in [0, 0.1) is 6.92 Å². The van der Waals surface area contributed by atoms with E-state index in [0.717, 1.165) is 11.1 Å². The minimum absolute atomic E-state index is 0.275. The third-order valence-electron chi connectivity index (χ3n) is 5.39. The molecule has 4 rings (SSSR count). The number of aliphatic hydroxyl groups is 1. The Morgan fingerprint density at radius 1 is 1.19 bits per heavy atom. The molecular formula is C26H26F2N6O2. The number of nitrogens with zero attached hydrogens (tertiary/aromatic N) is 6. The molecular weight excluding hydrogens is 466 g/mol. The summed E-state index contributed by atoms with van der Waals surface area (Å²) < 4.78 is 35.3. The van der Waals surface area contributed by atoms with Crippen molar-refractivity contribution >= 4 is 12.2 Å². The highest BCUT2D eigenvalue weighted by Crippen LogP contribution is 2.30. The lowest BCUT2D eigenvalue weighted by molar-refractivity contribution is 0.145. The standard InChI is InChI=1S/C26H26F2N6O2/c1-15(2)6-11-24(29-5)36-18-7-10-23-20(13-30-33(23)14-18)21-9-8-19(17(4)35)26(31-21)34-16(3)12-22(32-34)25(27)28/h6-14,17,25,35H,5H2,1-4H3/b24-11+. The summed E-state index contributed by atoms with van der Waals surface area (Å²) in [5, 5.41) is 18.7. The van der Waals surface area contributed by atoms with Gasteiger partial charge in [0.25, 0.3) is 6.43 Å². The van der Waals surface area contributed by atoms with E-state index in [2.05, 4.69) is 26.9 Å². The molecule has 1 N–H and O–H groups in total. The van der Waals surface area contributed by atoms with Crippen molar-refractivity contribution in [2.45, 2.75) is 40.2 Å². The van der Waals surface area contributed by atoms with Crippen LogP contribution in [0.3, 0.4) is 0 Å². The first-order chi connectivity index (χ1) is 17.2. The highest BCUT2D eigenvalue weighted by Gasteiger charge is 2.20. The first-order valence-corrected chi connectivity index (χ1v) is 11.2. The van der Waals surface area contributed by atoms with Crippen molar-refractivity contribution in [3.63, 3.8) is 0 Å². The average Bonchev–Trinajstić information content (AvgIpc) is 3.44. The Morgan fingerprint density at radius 3 is 2.61 bits per heavy atom. The van der Waals surface area contributed by atoms with Gasteiger partial charge in [0, 0.05) is 22.9 Å².